The second kappa shape index (κ2) is 9.32. The van der Waals surface area contributed by atoms with Gasteiger partial charge in [-0.25, -0.2) is 0 Å². The van der Waals surface area contributed by atoms with Crippen molar-refractivity contribution in [2.24, 2.45) is 17.3 Å². The van der Waals surface area contributed by atoms with Crippen LogP contribution < -0.4 is 4.90 Å². The summed E-state index contributed by atoms with van der Waals surface area (Å²) in [5, 5.41) is 0. The van der Waals surface area contributed by atoms with E-state index in [0.29, 0.717) is 5.41 Å². The van der Waals surface area contributed by atoms with Crippen molar-refractivity contribution in [3.8, 4) is 0 Å². The lowest BCUT2D eigenvalue weighted by Crippen LogP contribution is -2.54. The number of benzene rings is 2. The lowest BCUT2D eigenvalue weighted by molar-refractivity contribution is -0.0577. The van der Waals surface area contributed by atoms with E-state index in [1.54, 1.807) is 0 Å². The van der Waals surface area contributed by atoms with Crippen LogP contribution in [0.15, 0.2) is 60.7 Å². The molecule has 1 heterocycles. The molecular formula is C26H36N2O. The first-order valence-electron chi connectivity index (χ1n) is 11.3. The zero-order valence-corrected chi connectivity index (χ0v) is 18.1. The predicted octanol–water partition coefficient (Wildman–Crippen LogP) is 5.08. The highest BCUT2D eigenvalue weighted by molar-refractivity contribution is 5.46. The van der Waals surface area contributed by atoms with Gasteiger partial charge in [0, 0.05) is 45.0 Å². The Labute approximate surface area is 176 Å². The molecule has 2 aromatic rings. The van der Waals surface area contributed by atoms with Crippen molar-refractivity contribution in [2.75, 3.05) is 44.2 Å². The second-order valence-corrected chi connectivity index (χ2v) is 9.40. The maximum Gasteiger partial charge on any atom is 0.0716 e. The van der Waals surface area contributed by atoms with Crippen LogP contribution >= 0.6 is 0 Å². The molecule has 2 aromatic carbocycles. The van der Waals surface area contributed by atoms with Gasteiger partial charge in [0.05, 0.1) is 6.61 Å². The van der Waals surface area contributed by atoms with Crippen LogP contribution in [-0.2, 0) is 11.3 Å². The first kappa shape index (κ1) is 20.4. The van der Waals surface area contributed by atoms with Crippen LogP contribution in [0.25, 0.3) is 0 Å². The second-order valence-electron chi connectivity index (χ2n) is 9.40. The topological polar surface area (TPSA) is 15.7 Å². The number of anilines is 1. The molecular weight excluding hydrogens is 356 g/mol. The highest BCUT2D eigenvalue weighted by Crippen LogP contribution is 2.53. The minimum absolute atomic E-state index is 0.437. The Hall–Kier alpha value is -1.84. The van der Waals surface area contributed by atoms with E-state index in [1.807, 2.05) is 0 Å². The van der Waals surface area contributed by atoms with E-state index in [4.69, 9.17) is 4.74 Å². The first-order chi connectivity index (χ1) is 14.1. The van der Waals surface area contributed by atoms with Gasteiger partial charge in [-0.05, 0) is 47.8 Å². The maximum atomic E-state index is 5.94. The fourth-order valence-electron chi connectivity index (χ4n) is 5.05. The van der Waals surface area contributed by atoms with E-state index >= 15 is 0 Å². The molecule has 2 aliphatic rings. The smallest absolute Gasteiger partial charge is 0.0716 e. The minimum atomic E-state index is 0.437. The third-order valence-corrected chi connectivity index (χ3v) is 7.37. The van der Waals surface area contributed by atoms with Gasteiger partial charge in [-0.15, -0.1) is 0 Å². The fourth-order valence-corrected chi connectivity index (χ4v) is 5.05. The molecule has 3 heteroatoms. The number of piperazine rings is 1. The van der Waals surface area contributed by atoms with E-state index in [9.17, 15) is 0 Å². The van der Waals surface area contributed by atoms with Crippen molar-refractivity contribution < 1.29 is 4.74 Å². The Morgan fingerprint density at radius 1 is 0.862 bits per heavy atom. The predicted molar refractivity (Wildman–Crippen MR) is 121 cm³/mol. The molecule has 4 rings (SSSR count). The van der Waals surface area contributed by atoms with Crippen LogP contribution in [0.4, 0.5) is 5.69 Å². The molecule has 1 aliphatic heterocycles. The van der Waals surface area contributed by atoms with E-state index in [0.717, 1.165) is 38.1 Å². The SMILES string of the molecule is CC1(C)[C@@H](CCOCc2ccccc2)C[C@H]1CN1CCN(c2ccccc2)CC1. The summed E-state index contributed by atoms with van der Waals surface area (Å²) in [5.41, 5.74) is 3.08. The lowest BCUT2D eigenvalue weighted by atomic mass is 9.53. The third-order valence-electron chi connectivity index (χ3n) is 7.37. The summed E-state index contributed by atoms with van der Waals surface area (Å²) in [6.07, 6.45) is 2.55. The van der Waals surface area contributed by atoms with Crippen molar-refractivity contribution in [3.05, 3.63) is 66.2 Å². The number of rotatable bonds is 8. The number of hydrogen-bond donors (Lipinski definition) is 0. The van der Waals surface area contributed by atoms with Gasteiger partial charge in [0.2, 0.25) is 0 Å². The molecule has 0 amide bonds. The number of ether oxygens (including phenoxy) is 1. The van der Waals surface area contributed by atoms with Crippen LogP contribution in [-0.4, -0.2) is 44.2 Å². The number of nitrogens with zero attached hydrogens (tertiary/aromatic N) is 2. The summed E-state index contributed by atoms with van der Waals surface area (Å²) in [7, 11) is 0. The Morgan fingerprint density at radius 2 is 1.52 bits per heavy atom. The van der Waals surface area contributed by atoms with Crippen molar-refractivity contribution in [2.45, 2.75) is 33.3 Å². The van der Waals surface area contributed by atoms with Gasteiger partial charge in [-0.2, -0.15) is 0 Å². The largest absolute Gasteiger partial charge is 0.377 e. The molecule has 2 fully saturated rings. The molecule has 1 saturated carbocycles. The normalized spacial score (nSPS) is 24.3. The molecule has 0 aromatic heterocycles. The third kappa shape index (κ3) is 5.02. The molecule has 2 atom stereocenters. The van der Waals surface area contributed by atoms with E-state index in [1.165, 1.54) is 43.7 Å². The molecule has 3 nitrogen and oxygen atoms in total. The van der Waals surface area contributed by atoms with Gasteiger partial charge in [0.1, 0.15) is 0 Å². The lowest BCUT2D eigenvalue weighted by Gasteiger charge is -2.54. The Bertz CT molecular complexity index is 738. The quantitative estimate of drug-likeness (QED) is 0.583. The van der Waals surface area contributed by atoms with Crippen LogP contribution in [0.3, 0.4) is 0 Å². The molecule has 1 saturated heterocycles. The van der Waals surface area contributed by atoms with Crippen molar-refractivity contribution in [1.29, 1.82) is 0 Å². The zero-order chi connectivity index (χ0) is 20.1. The average Bonchev–Trinajstić information content (AvgIpc) is 2.77. The molecule has 1 aliphatic carbocycles. The zero-order valence-electron chi connectivity index (χ0n) is 18.1. The van der Waals surface area contributed by atoms with Crippen LogP contribution in [0.2, 0.25) is 0 Å². The van der Waals surface area contributed by atoms with Crippen LogP contribution in [0, 0.1) is 17.3 Å². The molecule has 0 N–H and O–H groups in total. The fraction of sp³-hybridized carbons (Fsp3) is 0.538. The van der Waals surface area contributed by atoms with E-state index < -0.39 is 0 Å². The number of hydrogen-bond acceptors (Lipinski definition) is 3. The standard InChI is InChI=1S/C26H36N2O/c1-26(2)23(13-18-29-21-22-9-5-3-6-10-22)19-24(26)20-27-14-16-28(17-15-27)25-11-7-4-8-12-25/h3-12,23-24H,13-21H2,1-2H3/t23-,24-/m0/s1. The van der Waals surface area contributed by atoms with E-state index in [2.05, 4.69) is 84.3 Å². The molecule has 0 radical (unpaired) electrons. The molecule has 0 bridgehead atoms. The van der Waals surface area contributed by atoms with Crippen molar-refractivity contribution in [1.82, 2.24) is 4.90 Å². The summed E-state index contributed by atoms with van der Waals surface area (Å²) >= 11 is 0. The van der Waals surface area contributed by atoms with Crippen LogP contribution in [0.1, 0.15) is 32.3 Å². The van der Waals surface area contributed by atoms with Gasteiger partial charge in [0.15, 0.2) is 0 Å². The Morgan fingerprint density at radius 3 is 2.17 bits per heavy atom. The maximum absolute atomic E-state index is 5.94. The van der Waals surface area contributed by atoms with Gasteiger partial charge in [0.25, 0.3) is 0 Å². The average molecular weight is 393 g/mol. The summed E-state index contributed by atoms with van der Waals surface area (Å²) < 4.78 is 5.94. The molecule has 0 spiro atoms. The molecule has 0 unspecified atom stereocenters. The first-order valence-corrected chi connectivity index (χ1v) is 11.3. The van der Waals surface area contributed by atoms with Gasteiger partial charge >= 0.3 is 0 Å². The summed E-state index contributed by atoms with van der Waals surface area (Å²) in [5.74, 6) is 1.62. The van der Waals surface area contributed by atoms with Crippen LogP contribution in [0.5, 0.6) is 0 Å². The Balaban J connectivity index is 1.16. The Kier molecular flexibility index (Phi) is 6.56. The van der Waals surface area contributed by atoms with Crippen molar-refractivity contribution in [3.63, 3.8) is 0 Å². The summed E-state index contributed by atoms with van der Waals surface area (Å²) in [6, 6.07) is 21.3. The van der Waals surface area contributed by atoms with Crippen molar-refractivity contribution >= 4 is 5.69 Å². The highest BCUT2D eigenvalue weighted by Gasteiger charge is 2.47. The van der Waals surface area contributed by atoms with Gasteiger partial charge < -0.3 is 9.64 Å². The van der Waals surface area contributed by atoms with E-state index in [-0.39, 0.29) is 0 Å². The summed E-state index contributed by atoms with van der Waals surface area (Å²) in [4.78, 5) is 5.21. The monoisotopic (exact) mass is 392 g/mol. The number of para-hydroxylation sites is 1. The minimum Gasteiger partial charge on any atom is -0.377 e. The van der Waals surface area contributed by atoms with Gasteiger partial charge in [-0.3, -0.25) is 4.90 Å². The summed E-state index contributed by atoms with van der Waals surface area (Å²) in [6.45, 7) is 12.5. The highest BCUT2D eigenvalue weighted by atomic mass is 16.5. The van der Waals surface area contributed by atoms with Gasteiger partial charge in [-0.1, -0.05) is 62.4 Å². The molecule has 29 heavy (non-hydrogen) atoms. The molecule has 156 valence electrons.